The van der Waals surface area contributed by atoms with Gasteiger partial charge in [0.2, 0.25) is 0 Å². The Morgan fingerprint density at radius 3 is 2.47 bits per heavy atom. The first kappa shape index (κ1) is 28.2. The molecule has 7 nitrogen and oxygen atoms in total. The van der Waals surface area contributed by atoms with Gasteiger partial charge < -0.3 is 14.2 Å². The van der Waals surface area contributed by atoms with Crippen molar-refractivity contribution in [3.05, 3.63) is 139 Å². The Morgan fingerprint density at radius 2 is 1.72 bits per heavy atom. The zero-order chi connectivity index (χ0) is 29.9. The molecular formula is C35H30N2O5S. The van der Waals surface area contributed by atoms with Crippen LogP contribution in [-0.4, -0.2) is 24.3 Å². The molecule has 0 bridgehead atoms. The molecule has 0 spiro atoms. The van der Waals surface area contributed by atoms with Crippen molar-refractivity contribution in [2.24, 2.45) is 4.99 Å². The summed E-state index contributed by atoms with van der Waals surface area (Å²) in [6.07, 6.45) is 1.84. The first-order valence-electron chi connectivity index (χ1n) is 14.0. The molecule has 8 heteroatoms. The van der Waals surface area contributed by atoms with Crippen LogP contribution in [0, 0.1) is 0 Å². The lowest BCUT2D eigenvalue weighted by molar-refractivity contribution is -0.139. The van der Waals surface area contributed by atoms with Gasteiger partial charge in [-0.2, -0.15) is 0 Å². The van der Waals surface area contributed by atoms with Crippen molar-refractivity contribution >= 4 is 34.2 Å². The molecule has 1 aliphatic heterocycles. The van der Waals surface area contributed by atoms with Gasteiger partial charge in [0.15, 0.2) is 4.80 Å². The van der Waals surface area contributed by atoms with Crippen LogP contribution >= 0.6 is 11.3 Å². The Balaban J connectivity index is 1.46. The van der Waals surface area contributed by atoms with Crippen molar-refractivity contribution in [3.63, 3.8) is 0 Å². The summed E-state index contributed by atoms with van der Waals surface area (Å²) in [5, 5.41) is 1.84. The molecular weight excluding hydrogens is 560 g/mol. The minimum Gasteiger partial charge on any atom is -0.496 e. The van der Waals surface area contributed by atoms with Gasteiger partial charge >= 0.3 is 5.97 Å². The zero-order valence-corrected chi connectivity index (χ0v) is 24.9. The number of fused-ring (bicyclic) bond motifs is 2. The third-order valence-corrected chi connectivity index (χ3v) is 8.35. The zero-order valence-electron chi connectivity index (χ0n) is 24.1. The van der Waals surface area contributed by atoms with Crippen LogP contribution < -0.4 is 24.4 Å². The molecule has 0 radical (unpaired) electrons. The van der Waals surface area contributed by atoms with Crippen LogP contribution in [0.4, 0.5) is 0 Å². The topological polar surface area (TPSA) is 79.1 Å². The number of carbonyl (C=O) groups is 1. The lowest BCUT2D eigenvalue weighted by atomic mass is 9.90. The predicted molar refractivity (Wildman–Crippen MR) is 168 cm³/mol. The van der Waals surface area contributed by atoms with Gasteiger partial charge in [0.05, 0.1) is 29.5 Å². The summed E-state index contributed by atoms with van der Waals surface area (Å²) in [7, 11) is 1.59. The number of allylic oxidation sites excluding steroid dienone is 1. The summed E-state index contributed by atoms with van der Waals surface area (Å²) >= 11 is 1.29. The first-order valence-corrected chi connectivity index (χ1v) is 14.8. The molecule has 1 atom stereocenters. The van der Waals surface area contributed by atoms with Crippen molar-refractivity contribution in [1.82, 2.24) is 4.57 Å². The predicted octanol–water partition coefficient (Wildman–Crippen LogP) is 5.54. The summed E-state index contributed by atoms with van der Waals surface area (Å²) < 4.78 is 19.3. The number of hydrogen-bond acceptors (Lipinski definition) is 7. The lowest BCUT2D eigenvalue weighted by Gasteiger charge is -2.27. The molecule has 0 aliphatic carbocycles. The van der Waals surface area contributed by atoms with Crippen LogP contribution in [0.15, 0.2) is 112 Å². The van der Waals surface area contributed by atoms with Gasteiger partial charge in [0.25, 0.3) is 5.56 Å². The Morgan fingerprint density at radius 1 is 0.977 bits per heavy atom. The normalized spacial score (nSPS) is 14.8. The molecule has 0 fully saturated rings. The van der Waals surface area contributed by atoms with Crippen LogP contribution in [0.25, 0.3) is 16.8 Å². The van der Waals surface area contributed by atoms with E-state index in [4.69, 9.17) is 19.2 Å². The maximum Gasteiger partial charge on any atom is 0.338 e. The highest BCUT2D eigenvalue weighted by atomic mass is 32.1. The Bertz CT molecular complexity index is 2030. The number of nitrogens with zero attached hydrogens (tertiary/aromatic N) is 2. The Hall–Kier alpha value is -4.95. The minimum absolute atomic E-state index is 0.199. The van der Waals surface area contributed by atoms with E-state index < -0.39 is 12.0 Å². The Kier molecular flexibility index (Phi) is 7.94. The molecule has 0 saturated carbocycles. The molecule has 43 heavy (non-hydrogen) atoms. The quantitative estimate of drug-likeness (QED) is 0.222. The molecule has 216 valence electrons. The van der Waals surface area contributed by atoms with E-state index >= 15 is 0 Å². The van der Waals surface area contributed by atoms with Crippen molar-refractivity contribution in [1.29, 1.82) is 0 Å². The van der Waals surface area contributed by atoms with E-state index in [1.54, 1.807) is 25.5 Å². The standard InChI is InChI=1S/C35H30N2O5S/c1-4-41-34(39)30-22(2)36-35-37(32(30)31-27-13-9-8-12-25(27)16-19-28(31)40-3)33(38)29(43-35)20-23-14-17-26(18-15-23)42-21-24-10-6-5-7-11-24/h5-20,32H,4,21H2,1-3H3/b29-20+/t32-/m1/s1. The van der Waals surface area contributed by atoms with E-state index in [-0.39, 0.29) is 12.2 Å². The molecule has 1 aliphatic rings. The smallest absolute Gasteiger partial charge is 0.338 e. The van der Waals surface area contributed by atoms with Crippen LogP contribution in [0.1, 0.15) is 36.6 Å². The number of esters is 1. The van der Waals surface area contributed by atoms with Gasteiger partial charge in [-0.3, -0.25) is 9.36 Å². The number of hydrogen-bond donors (Lipinski definition) is 0. The van der Waals surface area contributed by atoms with Crippen LogP contribution in [-0.2, 0) is 16.1 Å². The fourth-order valence-corrected chi connectivity index (χ4v) is 6.40. The summed E-state index contributed by atoms with van der Waals surface area (Å²) in [5.41, 5.74) is 3.22. The van der Waals surface area contributed by atoms with Crippen LogP contribution in [0.2, 0.25) is 0 Å². The van der Waals surface area contributed by atoms with E-state index in [9.17, 15) is 9.59 Å². The maximum absolute atomic E-state index is 14.1. The second-order valence-electron chi connectivity index (χ2n) is 10.0. The highest BCUT2D eigenvalue weighted by Gasteiger charge is 2.36. The fraction of sp³-hybridized carbons (Fsp3) is 0.171. The third-order valence-electron chi connectivity index (χ3n) is 7.37. The minimum atomic E-state index is -0.785. The van der Waals surface area contributed by atoms with E-state index in [0.717, 1.165) is 27.6 Å². The largest absolute Gasteiger partial charge is 0.496 e. The molecule has 0 amide bonds. The van der Waals surface area contributed by atoms with Crippen molar-refractivity contribution in [2.45, 2.75) is 26.5 Å². The van der Waals surface area contributed by atoms with Crippen LogP contribution in [0.5, 0.6) is 11.5 Å². The number of carbonyl (C=O) groups excluding carboxylic acids is 1. The van der Waals surface area contributed by atoms with Gasteiger partial charge in [0.1, 0.15) is 24.1 Å². The monoisotopic (exact) mass is 590 g/mol. The van der Waals surface area contributed by atoms with E-state index in [2.05, 4.69) is 0 Å². The fourth-order valence-electron chi connectivity index (χ4n) is 5.35. The molecule has 0 unspecified atom stereocenters. The summed E-state index contributed by atoms with van der Waals surface area (Å²) in [5.74, 6) is 0.796. The highest BCUT2D eigenvalue weighted by Crippen LogP contribution is 2.40. The summed E-state index contributed by atoms with van der Waals surface area (Å²) in [6, 6.07) is 28.5. The van der Waals surface area contributed by atoms with Crippen molar-refractivity contribution < 1.29 is 19.0 Å². The van der Waals surface area contributed by atoms with E-state index in [1.807, 2.05) is 97.1 Å². The average molecular weight is 591 g/mol. The van der Waals surface area contributed by atoms with Gasteiger partial charge in [-0.05, 0) is 60.0 Å². The third kappa shape index (κ3) is 5.49. The molecule has 4 aromatic carbocycles. The van der Waals surface area contributed by atoms with Gasteiger partial charge in [0, 0.05) is 5.56 Å². The summed E-state index contributed by atoms with van der Waals surface area (Å²) in [4.78, 5) is 32.8. The molecule has 0 N–H and O–H groups in total. The second-order valence-corrected chi connectivity index (χ2v) is 11.1. The maximum atomic E-state index is 14.1. The number of rotatable bonds is 8. The molecule has 2 heterocycles. The number of ether oxygens (including phenoxy) is 3. The number of benzene rings is 4. The number of thiazole rings is 1. The number of aromatic nitrogens is 1. The molecule has 0 saturated heterocycles. The van der Waals surface area contributed by atoms with E-state index in [0.29, 0.717) is 38.5 Å². The lowest BCUT2D eigenvalue weighted by Crippen LogP contribution is -2.40. The van der Waals surface area contributed by atoms with Crippen LogP contribution in [0.3, 0.4) is 0 Å². The summed E-state index contributed by atoms with van der Waals surface area (Å²) in [6.45, 7) is 4.21. The average Bonchev–Trinajstić information content (AvgIpc) is 3.33. The van der Waals surface area contributed by atoms with E-state index in [1.165, 1.54) is 11.3 Å². The number of methoxy groups -OCH3 is 1. The SMILES string of the molecule is CCOC(=O)C1=C(C)N=c2s/c(=C/c3ccc(OCc4ccccc4)cc3)c(=O)n2[C@H]1c1c(OC)ccc2ccccc12. The van der Waals surface area contributed by atoms with Crippen molar-refractivity contribution in [2.75, 3.05) is 13.7 Å². The van der Waals surface area contributed by atoms with Gasteiger partial charge in [-0.25, -0.2) is 9.79 Å². The first-order chi connectivity index (χ1) is 21.0. The van der Waals surface area contributed by atoms with Gasteiger partial charge in [-0.1, -0.05) is 84.1 Å². The Labute approximate surface area is 252 Å². The van der Waals surface area contributed by atoms with Gasteiger partial charge in [-0.15, -0.1) is 0 Å². The molecule has 6 rings (SSSR count). The molecule has 5 aromatic rings. The highest BCUT2D eigenvalue weighted by molar-refractivity contribution is 7.07. The van der Waals surface area contributed by atoms with Crippen molar-refractivity contribution in [3.8, 4) is 11.5 Å². The second kappa shape index (κ2) is 12.1. The molecule has 1 aromatic heterocycles.